The predicted molar refractivity (Wildman–Crippen MR) is 84.2 cm³/mol. The second kappa shape index (κ2) is 4.34. The fourth-order valence-electron chi connectivity index (χ4n) is 3.00. The van der Waals surface area contributed by atoms with Crippen molar-refractivity contribution in [2.45, 2.75) is 19.8 Å². The molecule has 0 aliphatic carbocycles. The molecule has 0 unspecified atom stereocenters. The molecule has 0 N–H and O–H groups in total. The first-order chi connectivity index (χ1) is 9.88. The van der Waals surface area contributed by atoms with Gasteiger partial charge in [0.05, 0.1) is 16.6 Å². The van der Waals surface area contributed by atoms with Gasteiger partial charge in [0.2, 0.25) is 0 Å². The van der Waals surface area contributed by atoms with Crippen molar-refractivity contribution in [3.8, 4) is 0 Å². The maximum absolute atomic E-state index is 4.88. The van der Waals surface area contributed by atoms with Crippen LogP contribution in [-0.2, 0) is 6.42 Å². The lowest BCUT2D eigenvalue weighted by molar-refractivity contribution is 0.830. The molecule has 0 spiro atoms. The van der Waals surface area contributed by atoms with Gasteiger partial charge >= 0.3 is 0 Å². The molecule has 2 aromatic heterocycles. The van der Waals surface area contributed by atoms with Crippen molar-refractivity contribution in [3.05, 3.63) is 60.4 Å². The van der Waals surface area contributed by atoms with E-state index in [0.29, 0.717) is 0 Å². The van der Waals surface area contributed by atoms with Crippen LogP contribution in [0.25, 0.3) is 27.3 Å². The molecule has 0 radical (unpaired) electrons. The van der Waals surface area contributed by atoms with Gasteiger partial charge in [-0.25, -0.2) is 4.98 Å². The van der Waals surface area contributed by atoms with Gasteiger partial charge in [-0.15, -0.1) is 0 Å². The Balaban J connectivity index is 2.26. The Morgan fingerprint density at radius 2 is 1.75 bits per heavy atom. The van der Waals surface area contributed by atoms with Gasteiger partial charge in [0.15, 0.2) is 0 Å². The molecule has 2 nitrogen and oxygen atoms in total. The third-order valence-corrected chi connectivity index (χ3v) is 3.87. The Hall–Kier alpha value is -2.35. The number of aromatic nitrogens is 2. The number of hydrogen-bond donors (Lipinski definition) is 0. The lowest BCUT2D eigenvalue weighted by atomic mass is 10.2. The van der Waals surface area contributed by atoms with Crippen molar-refractivity contribution in [1.29, 1.82) is 0 Å². The second-order valence-corrected chi connectivity index (χ2v) is 5.22. The summed E-state index contributed by atoms with van der Waals surface area (Å²) in [6.45, 7) is 2.20. The van der Waals surface area contributed by atoms with Crippen molar-refractivity contribution < 1.29 is 0 Å². The summed E-state index contributed by atoms with van der Waals surface area (Å²) in [6.07, 6.45) is 2.10. The SMILES string of the molecule is CCCc1nc2ccccc2c2cc3ccccc3n12. The van der Waals surface area contributed by atoms with E-state index in [1.165, 1.54) is 21.8 Å². The Kier molecular flexibility index (Phi) is 2.49. The van der Waals surface area contributed by atoms with Gasteiger partial charge in [-0.1, -0.05) is 43.3 Å². The highest BCUT2D eigenvalue weighted by Crippen LogP contribution is 2.27. The lowest BCUT2D eigenvalue weighted by Crippen LogP contribution is -2.01. The number of hydrogen-bond acceptors (Lipinski definition) is 1. The molecule has 0 saturated carbocycles. The minimum atomic E-state index is 1.00. The van der Waals surface area contributed by atoms with Crippen LogP contribution in [0.15, 0.2) is 54.6 Å². The Morgan fingerprint density at radius 1 is 0.950 bits per heavy atom. The van der Waals surface area contributed by atoms with E-state index in [9.17, 15) is 0 Å². The predicted octanol–water partition coefficient (Wildman–Crippen LogP) is 4.59. The highest BCUT2D eigenvalue weighted by Gasteiger charge is 2.11. The zero-order valence-corrected chi connectivity index (χ0v) is 11.5. The van der Waals surface area contributed by atoms with Crippen molar-refractivity contribution in [3.63, 3.8) is 0 Å². The quantitative estimate of drug-likeness (QED) is 0.515. The highest BCUT2D eigenvalue weighted by atomic mass is 15.0. The van der Waals surface area contributed by atoms with E-state index < -0.39 is 0 Å². The average Bonchev–Trinajstić information content (AvgIpc) is 2.87. The van der Waals surface area contributed by atoms with Crippen LogP contribution in [0.2, 0.25) is 0 Å². The maximum atomic E-state index is 4.88. The number of benzene rings is 2. The fraction of sp³-hybridized carbons (Fsp3) is 0.167. The lowest BCUT2D eigenvalue weighted by Gasteiger charge is -2.08. The third-order valence-electron chi connectivity index (χ3n) is 3.87. The van der Waals surface area contributed by atoms with E-state index in [4.69, 9.17) is 4.98 Å². The highest BCUT2D eigenvalue weighted by molar-refractivity contribution is 6.00. The van der Waals surface area contributed by atoms with Crippen LogP contribution >= 0.6 is 0 Å². The van der Waals surface area contributed by atoms with Crippen LogP contribution in [0, 0.1) is 0 Å². The number of rotatable bonds is 2. The molecule has 4 rings (SSSR count). The molecule has 0 aliphatic heterocycles. The molecular formula is C18H16N2. The smallest absolute Gasteiger partial charge is 0.114 e. The molecule has 2 aromatic carbocycles. The van der Waals surface area contributed by atoms with Gasteiger partial charge in [0.1, 0.15) is 5.82 Å². The summed E-state index contributed by atoms with van der Waals surface area (Å²) in [7, 11) is 0. The molecule has 0 amide bonds. The minimum Gasteiger partial charge on any atom is -0.297 e. The number of aryl methyl sites for hydroxylation is 1. The summed E-state index contributed by atoms with van der Waals surface area (Å²) in [5, 5.41) is 2.51. The second-order valence-electron chi connectivity index (χ2n) is 5.22. The van der Waals surface area contributed by atoms with Crippen LogP contribution in [-0.4, -0.2) is 9.38 Å². The monoisotopic (exact) mass is 260 g/mol. The van der Waals surface area contributed by atoms with Crippen LogP contribution in [0.1, 0.15) is 19.2 Å². The molecule has 0 saturated heterocycles. The van der Waals surface area contributed by atoms with Gasteiger partial charge in [-0.3, -0.25) is 4.40 Å². The van der Waals surface area contributed by atoms with Crippen molar-refractivity contribution in [1.82, 2.24) is 9.38 Å². The molecule has 98 valence electrons. The molecule has 0 bridgehead atoms. The van der Waals surface area contributed by atoms with E-state index in [2.05, 4.69) is 65.9 Å². The first kappa shape index (κ1) is 11.5. The number of fused-ring (bicyclic) bond motifs is 5. The Labute approximate surface area is 117 Å². The standard InChI is InChI=1S/C18H16N2/c1-2-7-18-19-15-10-5-4-9-14(15)17-12-13-8-3-6-11-16(13)20(17)18/h3-6,8-12H,2,7H2,1H3. The minimum absolute atomic E-state index is 1.00. The molecule has 2 heteroatoms. The molecular weight excluding hydrogens is 244 g/mol. The number of nitrogens with zero attached hydrogens (tertiary/aromatic N) is 2. The Bertz CT molecular complexity index is 919. The van der Waals surface area contributed by atoms with E-state index in [1.807, 2.05) is 0 Å². The largest absolute Gasteiger partial charge is 0.297 e. The Morgan fingerprint density at radius 3 is 2.65 bits per heavy atom. The van der Waals surface area contributed by atoms with Gasteiger partial charge in [-0.2, -0.15) is 0 Å². The fourth-order valence-corrected chi connectivity index (χ4v) is 3.00. The van der Waals surface area contributed by atoms with Gasteiger partial charge in [-0.05, 0) is 24.6 Å². The zero-order valence-electron chi connectivity index (χ0n) is 11.5. The van der Waals surface area contributed by atoms with E-state index in [-0.39, 0.29) is 0 Å². The van der Waals surface area contributed by atoms with Gasteiger partial charge in [0.25, 0.3) is 0 Å². The van der Waals surface area contributed by atoms with Crippen LogP contribution in [0.4, 0.5) is 0 Å². The van der Waals surface area contributed by atoms with Crippen molar-refractivity contribution in [2.24, 2.45) is 0 Å². The van der Waals surface area contributed by atoms with Crippen LogP contribution in [0.5, 0.6) is 0 Å². The summed E-state index contributed by atoms with van der Waals surface area (Å²) in [4.78, 5) is 4.88. The summed E-state index contributed by atoms with van der Waals surface area (Å²) in [5.74, 6) is 1.16. The molecule has 0 atom stereocenters. The zero-order chi connectivity index (χ0) is 13.5. The average molecular weight is 260 g/mol. The molecule has 0 aliphatic rings. The van der Waals surface area contributed by atoms with Crippen LogP contribution in [0.3, 0.4) is 0 Å². The molecule has 4 aromatic rings. The third kappa shape index (κ3) is 1.54. The van der Waals surface area contributed by atoms with E-state index in [0.717, 1.165) is 24.2 Å². The summed E-state index contributed by atoms with van der Waals surface area (Å²) >= 11 is 0. The summed E-state index contributed by atoms with van der Waals surface area (Å²) < 4.78 is 2.32. The van der Waals surface area contributed by atoms with Crippen molar-refractivity contribution >= 4 is 27.3 Å². The van der Waals surface area contributed by atoms with E-state index >= 15 is 0 Å². The maximum Gasteiger partial charge on any atom is 0.114 e. The molecule has 0 fully saturated rings. The number of para-hydroxylation sites is 2. The van der Waals surface area contributed by atoms with Crippen molar-refractivity contribution in [2.75, 3.05) is 0 Å². The van der Waals surface area contributed by atoms with E-state index in [1.54, 1.807) is 0 Å². The topological polar surface area (TPSA) is 17.3 Å². The first-order valence-electron chi connectivity index (χ1n) is 7.16. The van der Waals surface area contributed by atoms with Gasteiger partial charge < -0.3 is 0 Å². The van der Waals surface area contributed by atoms with Gasteiger partial charge in [0, 0.05) is 17.2 Å². The summed E-state index contributed by atoms with van der Waals surface area (Å²) in [6, 6.07) is 19.2. The normalized spacial score (nSPS) is 11.7. The summed E-state index contributed by atoms with van der Waals surface area (Å²) in [5.41, 5.74) is 3.61. The first-order valence-corrected chi connectivity index (χ1v) is 7.16. The molecule has 2 heterocycles. The van der Waals surface area contributed by atoms with Crippen LogP contribution < -0.4 is 0 Å². The molecule has 20 heavy (non-hydrogen) atoms.